The van der Waals surface area contributed by atoms with Crippen LogP contribution in [-0.4, -0.2) is 20.9 Å². The first kappa shape index (κ1) is 19.5. The average Bonchev–Trinajstić information content (AvgIpc) is 2.93. The van der Waals surface area contributed by atoms with Gasteiger partial charge in [-0.2, -0.15) is 18.3 Å². The van der Waals surface area contributed by atoms with Crippen molar-refractivity contribution in [2.75, 3.05) is 0 Å². The van der Waals surface area contributed by atoms with Gasteiger partial charge < -0.3 is 5.11 Å². The quantitative estimate of drug-likeness (QED) is 0.508. The second-order valence-corrected chi connectivity index (χ2v) is 6.01. The summed E-state index contributed by atoms with van der Waals surface area (Å²) >= 11 is 0. The maximum Gasteiger partial charge on any atom is 0.416 e. The van der Waals surface area contributed by atoms with Gasteiger partial charge in [0.1, 0.15) is 11.6 Å². The summed E-state index contributed by atoms with van der Waals surface area (Å²) in [6.07, 6.45) is -2.47. The van der Waals surface area contributed by atoms with Crippen LogP contribution < -0.4 is 0 Å². The Hall–Kier alpha value is -3.23. The molecule has 0 saturated carbocycles. The highest BCUT2D eigenvalue weighted by Crippen LogP contribution is 2.33. The summed E-state index contributed by atoms with van der Waals surface area (Å²) < 4.78 is 67.5. The predicted octanol–water partition coefficient (Wildman–Crippen LogP) is 4.56. The van der Waals surface area contributed by atoms with Crippen molar-refractivity contribution < 1.29 is 31.9 Å². The zero-order valence-electron chi connectivity index (χ0n) is 14.2. The Morgan fingerprint density at radius 3 is 2.54 bits per heavy atom. The van der Waals surface area contributed by atoms with E-state index in [1.165, 1.54) is 22.9 Å². The van der Waals surface area contributed by atoms with E-state index in [1.807, 2.05) is 0 Å². The van der Waals surface area contributed by atoms with Crippen LogP contribution in [0, 0.1) is 11.6 Å². The van der Waals surface area contributed by atoms with E-state index in [4.69, 9.17) is 5.11 Å². The Morgan fingerprint density at radius 2 is 1.89 bits per heavy atom. The van der Waals surface area contributed by atoms with Gasteiger partial charge in [-0.3, -0.25) is 4.68 Å². The van der Waals surface area contributed by atoms with Crippen molar-refractivity contribution in [2.45, 2.75) is 19.1 Å². The fraction of sp³-hybridized carbons (Fsp3) is 0.158. The van der Waals surface area contributed by atoms with E-state index in [9.17, 15) is 26.7 Å². The summed E-state index contributed by atoms with van der Waals surface area (Å²) in [4.78, 5) is 10.6. The van der Waals surface area contributed by atoms with Gasteiger partial charge >= 0.3 is 12.1 Å². The molecule has 0 aliphatic heterocycles. The number of halogens is 5. The second-order valence-electron chi connectivity index (χ2n) is 6.01. The van der Waals surface area contributed by atoms with Gasteiger partial charge in [-0.1, -0.05) is 12.1 Å². The van der Waals surface area contributed by atoms with Crippen molar-refractivity contribution in [1.29, 1.82) is 0 Å². The standard InChI is InChI=1S/C19H13F5N2O2/c20-13-6-4-11(15(21)9-13)10-26-17-7-5-12(19(22,23)24)8-14(17)16(25-26)2-1-3-18(27)28/h1,3-9H,2,10H2,(H,27,28). The van der Waals surface area contributed by atoms with E-state index in [0.717, 1.165) is 24.3 Å². The van der Waals surface area contributed by atoms with Crippen molar-refractivity contribution in [1.82, 2.24) is 9.78 Å². The Bertz CT molecular complexity index is 1070. The lowest BCUT2D eigenvalue weighted by atomic mass is 10.1. The molecule has 0 radical (unpaired) electrons. The normalized spacial score (nSPS) is 12.2. The predicted molar refractivity (Wildman–Crippen MR) is 90.7 cm³/mol. The van der Waals surface area contributed by atoms with Crippen molar-refractivity contribution in [2.24, 2.45) is 0 Å². The molecule has 1 aromatic heterocycles. The van der Waals surface area contributed by atoms with Crippen molar-refractivity contribution in [3.8, 4) is 0 Å². The molecule has 146 valence electrons. The molecular formula is C19H13F5N2O2. The number of rotatable bonds is 5. The molecule has 2 aromatic carbocycles. The van der Waals surface area contributed by atoms with Crippen LogP contribution in [-0.2, 0) is 23.9 Å². The first-order valence-corrected chi connectivity index (χ1v) is 8.05. The van der Waals surface area contributed by atoms with Gasteiger partial charge in [0, 0.05) is 29.5 Å². The minimum Gasteiger partial charge on any atom is -0.478 e. The summed E-state index contributed by atoms with van der Waals surface area (Å²) in [6.45, 7) is -0.128. The maximum absolute atomic E-state index is 13.9. The first-order chi connectivity index (χ1) is 13.1. The second kappa shape index (κ2) is 7.41. The Morgan fingerprint density at radius 1 is 1.14 bits per heavy atom. The van der Waals surface area contributed by atoms with E-state index in [1.54, 1.807) is 0 Å². The number of benzene rings is 2. The largest absolute Gasteiger partial charge is 0.478 e. The number of aromatic nitrogens is 2. The number of carboxylic acids is 1. The van der Waals surface area contributed by atoms with Gasteiger partial charge in [-0.05, 0) is 24.3 Å². The van der Waals surface area contributed by atoms with Crippen LogP contribution in [0.2, 0.25) is 0 Å². The fourth-order valence-corrected chi connectivity index (χ4v) is 2.78. The van der Waals surface area contributed by atoms with Crippen LogP contribution in [0.5, 0.6) is 0 Å². The number of hydrogen-bond donors (Lipinski definition) is 1. The summed E-state index contributed by atoms with van der Waals surface area (Å²) in [5.74, 6) is -2.75. The minimum absolute atomic E-state index is 0.0248. The van der Waals surface area contributed by atoms with Crippen LogP contribution in [0.1, 0.15) is 16.8 Å². The average molecular weight is 396 g/mol. The molecule has 0 atom stereocenters. The van der Waals surface area contributed by atoms with E-state index in [0.29, 0.717) is 11.6 Å². The van der Waals surface area contributed by atoms with E-state index < -0.39 is 29.3 Å². The third-order valence-electron chi connectivity index (χ3n) is 4.06. The van der Waals surface area contributed by atoms with Crippen LogP contribution in [0.3, 0.4) is 0 Å². The van der Waals surface area contributed by atoms with E-state index in [2.05, 4.69) is 5.10 Å². The highest BCUT2D eigenvalue weighted by Gasteiger charge is 2.31. The lowest BCUT2D eigenvalue weighted by Gasteiger charge is -2.08. The van der Waals surface area contributed by atoms with Crippen LogP contribution >= 0.6 is 0 Å². The first-order valence-electron chi connectivity index (χ1n) is 8.05. The molecule has 0 bridgehead atoms. The van der Waals surface area contributed by atoms with Crippen LogP contribution in [0.25, 0.3) is 10.9 Å². The number of nitrogens with zero attached hydrogens (tertiary/aromatic N) is 2. The lowest BCUT2D eigenvalue weighted by molar-refractivity contribution is -0.137. The molecule has 0 aliphatic carbocycles. The molecule has 0 unspecified atom stereocenters. The van der Waals surface area contributed by atoms with Crippen molar-refractivity contribution in [3.05, 3.63) is 77.0 Å². The highest BCUT2D eigenvalue weighted by molar-refractivity contribution is 5.84. The molecule has 4 nitrogen and oxygen atoms in total. The smallest absolute Gasteiger partial charge is 0.416 e. The van der Waals surface area contributed by atoms with E-state index in [-0.39, 0.29) is 29.6 Å². The molecule has 0 spiro atoms. The highest BCUT2D eigenvalue weighted by atomic mass is 19.4. The summed E-state index contributed by atoms with van der Waals surface area (Å²) in [7, 11) is 0. The van der Waals surface area contributed by atoms with Crippen LogP contribution in [0.15, 0.2) is 48.6 Å². The van der Waals surface area contributed by atoms with Crippen molar-refractivity contribution in [3.63, 3.8) is 0 Å². The molecule has 0 amide bonds. The number of carboxylic acid groups (broad SMARTS) is 1. The van der Waals surface area contributed by atoms with Gasteiger partial charge in [0.15, 0.2) is 0 Å². The SMILES string of the molecule is O=C(O)C=CCc1nn(Cc2ccc(F)cc2F)c2ccc(C(F)(F)F)cc12. The summed E-state index contributed by atoms with van der Waals surface area (Å²) in [5.41, 5.74) is -0.245. The molecule has 3 rings (SSSR count). The molecule has 28 heavy (non-hydrogen) atoms. The van der Waals surface area contributed by atoms with E-state index >= 15 is 0 Å². The third-order valence-corrected chi connectivity index (χ3v) is 4.06. The Labute approximate surface area is 155 Å². The third kappa shape index (κ3) is 4.19. The lowest BCUT2D eigenvalue weighted by Crippen LogP contribution is -2.06. The van der Waals surface area contributed by atoms with Gasteiger partial charge in [-0.15, -0.1) is 0 Å². The number of carbonyl (C=O) groups is 1. The molecule has 1 heterocycles. The number of alkyl halides is 3. The number of allylic oxidation sites excluding steroid dienone is 1. The number of aliphatic carboxylic acids is 1. The van der Waals surface area contributed by atoms with Crippen LogP contribution in [0.4, 0.5) is 22.0 Å². The number of hydrogen-bond acceptors (Lipinski definition) is 2. The number of fused-ring (bicyclic) bond motifs is 1. The molecular weight excluding hydrogens is 383 g/mol. The Balaban J connectivity index is 2.07. The topological polar surface area (TPSA) is 55.1 Å². The summed E-state index contributed by atoms with van der Waals surface area (Å²) in [6, 6.07) is 6.03. The zero-order valence-corrected chi connectivity index (χ0v) is 14.2. The van der Waals surface area contributed by atoms with Crippen molar-refractivity contribution >= 4 is 16.9 Å². The molecule has 3 aromatic rings. The molecule has 1 N–H and O–H groups in total. The van der Waals surface area contributed by atoms with Gasteiger partial charge in [0.25, 0.3) is 0 Å². The van der Waals surface area contributed by atoms with Gasteiger partial charge in [-0.25, -0.2) is 13.6 Å². The molecule has 9 heteroatoms. The fourth-order valence-electron chi connectivity index (χ4n) is 2.78. The summed E-state index contributed by atoms with van der Waals surface area (Å²) in [5, 5.41) is 13.1. The maximum atomic E-state index is 13.9. The minimum atomic E-state index is -4.56. The Kier molecular flexibility index (Phi) is 5.17. The zero-order chi connectivity index (χ0) is 20.5. The molecule has 0 saturated heterocycles. The molecule has 0 aliphatic rings. The van der Waals surface area contributed by atoms with Gasteiger partial charge in [0.05, 0.1) is 23.3 Å². The van der Waals surface area contributed by atoms with Gasteiger partial charge in [0.2, 0.25) is 0 Å². The monoisotopic (exact) mass is 396 g/mol. The molecule has 0 fully saturated rings.